The number of tetrazole rings is 1. The zero-order valence-corrected chi connectivity index (χ0v) is 11.8. The van der Waals surface area contributed by atoms with Crippen LogP contribution in [0, 0.1) is 6.92 Å². The molecule has 7 nitrogen and oxygen atoms in total. The number of nitrogens with zero attached hydrogens (tertiary/aromatic N) is 4. The lowest BCUT2D eigenvalue weighted by Crippen LogP contribution is -2.13. The number of anilines is 1. The maximum Gasteiger partial charge on any atom is 0.242 e. The van der Waals surface area contributed by atoms with E-state index in [9.17, 15) is 8.42 Å². The van der Waals surface area contributed by atoms with Crippen LogP contribution in [0.5, 0.6) is 0 Å². The normalized spacial score (nSPS) is 11.4. The van der Waals surface area contributed by atoms with Crippen LogP contribution in [0.3, 0.4) is 0 Å². The van der Waals surface area contributed by atoms with Gasteiger partial charge in [0.2, 0.25) is 10.0 Å². The average molecular weight is 332 g/mol. The van der Waals surface area contributed by atoms with Gasteiger partial charge in [-0.25, -0.2) is 13.1 Å². The van der Waals surface area contributed by atoms with Crippen molar-refractivity contribution in [3.8, 4) is 5.69 Å². The number of alkyl halides is 1. The Morgan fingerprint density at radius 1 is 1.44 bits per heavy atom. The summed E-state index contributed by atoms with van der Waals surface area (Å²) in [5.74, 6) is 0. The van der Waals surface area contributed by atoms with Gasteiger partial charge in [-0.15, -0.1) is 5.10 Å². The Kier molecular flexibility index (Phi) is 3.62. The van der Waals surface area contributed by atoms with Gasteiger partial charge in [-0.3, -0.25) is 4.72 Å². The van der Waals surface area contributed by atoms with E-state index in [0.29, 0.717) is 5.69 Å². The third kappa shape index (κ3) is 2.85. The first-order valence-corrected chi connectivity index (χ1v) is 7.70. The largest absolute Gasteiger partial charge is 0.283 e. The highest BCUT2D eigenvalue weighted by atomic mass is 79.9. The first-order valence-electron chi connectivity index (χ1n) is 4.92. The van der Waals surface area contributed by atoms with Gasteiger partial charge < -0.3 is 0 Å². The number of halogens is 1. The fraction of sp³-hybridized carbons (Fsp3) is 0.222. The molecule has 0 bridgehead atoms. The molecule has 1 heterocycles. The van der Waals surface area contributed by atoms with Gasteiger partial charge in [0, 0.05) is 5.69 Å². The summed E-state index contributed by atoms with van der Waals surface area (Å²) in [5, 5.41) is 10.9. The number of sulfonamides is 1. The van der Waals surface area contributed by atoms with E-state index in [-0.39, 0.29) is 4.66 Å². The van der Waals surface area contributed by atoms with Gasteiger partial charge in [-0.2, -0.15) is 0 Å². The van der Waals surface area contributed by atoms with Crippen molar-refractivity contribution in [1.82, 2.24) is 20.2 Å². The number of aryl methyl sites for hydroxylation is 1. The second kappa shape index (κ2) is 5.02. The maximum atomic E-state index is 11.4. The molecular weight excluding hydrogens is 322 g/mol. The van der Waals surface area contributed by atoms with Gasteiger partial charge in [0.25, 0.3) is 0 Å². The van der Waals surface area contributed by atoms with E-state index in [4.69, 9.17) is 0 Å². The van der Waals surface area contributed by atoms with E-state index in [1.165, 1.54) is 11.0 Å². The molecule has 0 spiro atoms. The van der Waals surface area contributed by atoms with E-state index in [1.807, 2.05) is 6.92 Å². The smallest absolute Gasteiger partial charge is 0.242 e. The Morgan fingerprint density at radius 3 is 2.78 bits per heavy atom. The topological polar surface area (TPSA) is 89.8 Å². The lowest BCUT2D eigenvalue weighted by Gasteiger charge is -2.09. The van der Waals surface area contributed by atoms with Crippen molar-refractivity contribution < 1.29 is 8.42 Å². The molecule has 0 unspecified atom stereocenters. The lowest BCUT2D eigenvalue weighted by molar-refractivity contribution is 0.606. The minimum Gasteiger partial charge on any atom is -0.283 e. The van der Waals surface area contributed by atoms with Crippen LogP contribution in [0.4, 0.5) is 5.69 Å². The monoisotopic (exact) mass is 331 g/mol. The van der Waals surface area contributed by atoms with E-state index >= 15 is 0 Å². The first kappa shape index (κ1) is 13.0. The first-order chi connectivity index (χ1) is 8.52. The molecule has 0 saturated heterocycles. The second-order valence-electron chi connectivity index (χ2n) is 3.58. The van der Waals surface area contributed by atoms with Gasteiger partial charge in [-0.1, -0.05) is 15.9 Å². The molecule has 0 aliphatic heterocycles. The van der Waals surface area contributed by atoms with Gasteiger partial charge >= 0.3 is 0 Å². The van der Waals surface area contributed by atoms with Crippen molar-refractivity contribution >= 4 is 31.6 Å². The second-order valence-corrected chi connectivity index (χ2v) is 6.61. The quantitative estimate of drug-likeness (QED) is 0.846. The molecule has 0 atom stereocenters. The van der Waals surface area contributed by atoms with Crippen LogP contribution in [-0.2, 0) is 10.0 Å². The third-order valence-corrected chi connectivity index (χ3v) is 4.85. The molecule has 0 aliphatic carbocycles. The van der Waals surface area contributed by atoms with Gasteiger partial charge in [0.05, 0.1) is 5.69 Å². The average Bonchev–Trinajstić information content (AvgIpc) is 2.82. The van der Waals surface area contributed by atoms with Crippen molar-refractivity contribution in [2.45, 2.75) is 6.92 Å². The van der Waals surface area contributed by atoms with E-state index in [2.05, 4.69) is 36.2 Å². The van der Waals surface area contributed by atoms with Crippen LogP contribution in [0.2, 0.25) is 0 Å². The molecule has 0 aliphatic rings. The number of rotatable bonds is 4. The zero-order valence-electron chi connectivity index (χ0n) is 9.41. The van der Waals surface area contributed by atoms with Crippen molar-refractivity contribution in [2.75, 3.05) is 9.38 Å². The molecule has 96 valence electrons. The molecular formula is C9H10BrN5O2S. The number of aromatic nitrogens is 4. The Labute approximate surface area is 112 Å². The molecule has 2 rings (SSSR count). The van der Waals surface area contributed by atoms with Crippen molar-refractivity contribution in [3.63, 3.8) is 0 Å². The fourth-order valence-corrected chi connectivity index (χ4v) is 2.34. The summed E-state index contributed by atoms with van der Waals surface area (Å²) in [6.07, 6.45) is 1.48. The number of benzene rings is 1. The molecule has 1 aromatic carbocycles. The van der Waals surface area contributed by atoms with Crippen LogP contribution in [0.15, 0.2) is 24.5 Å². The molecule has 0 saturated carbocycles. The Bertz CT molecular complexity index is 641. The standard InChI is InChI=1S/C9H10BrN5O2S/c1-7-4-8(12-18(16,17)5-10)2-3-9(7)15-6-11-13-14-15/h2-4,6,12H,5H2,1H3. The van der Waals surface area contributed by atoms with E-state index < -0.39 is 10.0 Å². The third-order valence-electron chi connectivity index (χ3n) is 2.21. The SMILES string of the molecule is Cc1cc(NS(=O)(=O)CBr)ccc1-n1cnnn1. The minimum absolute atomic E-state index is 0.145. The molecule has 0 radical (unpaired) electrons. The fourth-order valence-electron chi connectivity index (χ4n) is 1.45. The number of nitrogens with one attached hydrogen (secondary N) is 1. The van der Waals surface area contributed by atoms with Gasteiger partial charge in [0.15, 0.2) is 0 Å². The number of hydrogen-bond donors (Lipinski definition) is 1. The summed E-state index contributed by atoms with van der Waals surface area (Å²) in [4.78, 5) is 0. The summed E-state index contributed by atoms with van der Waals surface area (Å²) in [5.41, 5.74) is 2.16. The molecule has 9 heteroatoms. The van der Waals surface area contributed by atoms with Gasteiger partial charge in [0.1, 0.15) is 11.0 Å². The minimum atomic E-state index is -3.34. The molecule has 18 heavy (non-hydrogen) atoms. The maximum absolute atomic E-state index is 11.4. The Morgan fingerprint density at radius 2 is 2.22 bits per heavy atom. The van der Waals surface area contributed by atoms with Crippen LogP contribution >= 0.6 is 15.9 Å². The van der Waals surface area contributed by atoms with Crippen molar-refractivity contribution in [3.05, 3.63) is 30.1 Å². The van der Waals surface area contributed by atoms with Crippen LogP contribution < -0.4 is 4.72 Å². The van der Waals surface area contributed by atoms with Crippen LogP contribution in [0.25, 0.3) is 5.69 Å². The molecule has 1 N–H and O–H groups in total. The highest BCUT2D eigenvalue weighted by Gasteiger charge is 2.09. The Hall–Kier alpha value is -1.48. The summed E-state index contributed by atoms with van der Waals surface area (Å²) in [6.45, 7) is 1.85. The predicted octanol–water partition coefficient (Wildman–Crippen LogP) is 1.06. The zero-order chi connectivity index (χ0) is 13.2. The molecule has 0 amide bonds. The summed E-state index contributed by atoms with van der Waals surface area (Å²) >= 11 is 2.91. The van der Waals surface area contributed by atoms with E-state index in [1.54, 1.807) is 18.2 Å². The highest BCUT2D eigenvalue weighted by molar-refractivity contribution is 9.10. The predicted molar refractivity (Wildman–Crippen MR) is 70.2 cm³/mol. The van der Waals surface area contributed by atoms with Crippen molar-refractivity contribution in [2.24, 2.45) is 0 Å². The van der Waals surface area contributed by atoms with Crippen LogP contribution in [0.1, 0.15) is 5.56 Å². The lowest BCUT2D eigenvalue weighted by atomic mass is 10.2. The molecule has 1 aromatic heterocycles. The van der Waals surface area contributed by atoms with Crippen molar-refractivity contribution in [1.29, 1.82) is 0 Å². The summed E-state index contributed by atoms with van der Waals surface area (Å²) in [7, 11) is -3.34. The molecule has 0 fully saturated rings. The van der Waals surface area contributed by atoms with Gasteiger partial charge in [-0.05, 0) is 41.1 Å². The highest BCUT2D eigenvalue weighted by Crippen LogP contribution is 2.19. The molecule has 2 aromatic rings. The van der Waals surface area contributed by atoms with Crippen LogP contribution in [-0.4, -0.2) is 33.3 Å². The van der Waals surface area contributed by atoms with E-state index in [0.717, 1.165) is 11.3 Å². The Balaban J connectivity index is 2.31. The number of hydrogen-bond acceptors (Lipinski definition) is 5. The summed E-state index contributed by atoms with van der Waals surface area (Å²) in [6, 6.07) is 5.12. The summed E-state index contributed by atoms with van der Waals surface area (Å²) < 4.78 is 26.6.